The third-order valence-electron chi connectivity index (χ3n) is 2.28. The van der Waals surface area contributed by atoms with Crippen LogP contribution in [0, 0.1) is 30.3 Å². The fourth-order valence-electron chi connectivity index (χ4n) is 1.51. The summed E-state index contributed by atoms with van der Waals surface area (Å²) in [5.41, 5.74) is -2.97. The van der Waals surface area contributed by atoms with Crippen LogP contribution in [-0.2, 0) is 0 Å². The first-order chi connectivity index (χ1) is 9.41. The van der Waals surface area contributed by atoms with Crippen LogP contribution >= 0.6 is 0 Å². The topological polar surface area (TPSA) is 160 Å². The average molecular weight is 280 g/mol. The lowest BCUT2D eigenvalue weighted by Crippen LogP contribution is -2.08. The predicted octanol–water partition coefficient (Wildman–Crippen LogP) is 0.992. The maximum absolute atomic E-state index is 11.0. The van der Waals surface area contributed by atoms with Gasteiger partial charge < -0.3 is 0 Å². The quantitative estimate of drug-likeness (QED) is 0.591. The van der Waals surface area contributed by atoms with Gasteiger partial charge in [0.2, 0.25) is 5.69 Å². The first-order valence-electron chi connectivity index (χ1n) is 4.89. The van der Waals surface area contributed by atoms with E-state index in [9.17, 15) is 30.3 Å². The molecule has 0 aliphatic heterocycles. The molecule has 0 atom stereocenters. The lowest BCUT2D eigenvalue weighted by Gasteiger charge is -2.03. The summed E-state index contributed by atoms with van der Waals surface area (Å²) in [6.07, 6.45) is 2.32. The van der Waals surface area contributed by atoms with Gasteiger partial charge in [-0.2, -0.15) is 10.2 Å². The number of hydrogen-bond acceptors (Lipinski definition) is 8. The van der Waals surface area contributed by atoms with Gasteiger partial charge in [0.05, 0.1) is 39.3 Å². The van der Waals surface area contributed by atoms with Gasteiger partial charge in [-0.3, -0.25) is 30.3 Å². The van der Waals surface area contributed by atoms with Crippen LogP contribution in [0.1, 0.15) is 0 Å². The highest BCUT2D eigenvalue weighted by Crippen LogP contribution is 2.35. The van der Waals surface area contributed by atoms with Gasteiger partial charge in [0, 0.05) is 0 Å². The summed E-state index contributed by atoms with van der Waals surface area (Å²) in [6, 6.07) is 1.23. The Hall–Kier alpha value is -3.44. The smallest absolute Gasteiger partial charge is 0.258 e. The molecule has 0 aliphatic carbocycles. The molecule has 0 spiro atoms. The Kier molecular flexibility index (Phi) is 3.04. The molecule has 0 unspecified atom stereocenters. The summed E-state index contributed by atoms with van der Waals surface area (Å²) >= 11 is 0. The van der Waals surface area contributed by atoms with Crippen molar-refractivity contribution in [3.05, 3.63) is 54.9 Å². The summed E-state index contributed by atoms with van der Waals surface area (Å²) in [5, 5.41) is 39.7. The minimum Gasteiger partial charge on any atom is -0.258 e. The van der Waals surface area contributed by atoms with Crippen molar-refractivity contribution >= 4 is 17.1 Å². The van der Waals surface area contributed by atoms with E-state index in [4.69, 9.17) is 0 Å². The van der Waals surface area contributed by atoms with E-state index in [1.165, 1.54) is 0 Å². The molecule has 0 saturated heterocycles. The van der Waals surface area contributed by atoms with Crippen molar-refractivity contribution in [2.24, 2.45) is 0 Å². The van der Waals surface area contributed by atoms with E-state index in [0.717, 1.165) is 12.4 Å². The standard InChI is InChI=1S/C8H4N6O6/c15-12(16)5-3-6(13(17)18)8(7(4-5)14(19)20)11-9-1-2-10-11/h1-4H. The number of nitrogens with zero attached hydrogens (tertiary/aromatic N) is 6. The highest BCUT2D eigenvalue weighted by molar-refractivity contribution is 5.69. The Bertz CT molecular complexity index is 675. The van der Waals surface area contributed by atoms with Gasteiger partial charge in [0.25, 0.3) is 5.69 Å². The van der Waals surface area contributed by atoms with Crippen molar-refractivity contribution in [2.45, 2.75) is 0 Å². The first kappa shape index (κ1) is 13.0. The van der Waals surface area contributed by atoms with Crippen LogP contribution in [0.2, 0.25) is 0 Å². The van der Waals surface area contributed by atoms with Crippen molar-refractivity contribution in [1.82, 2.24) is 15.0 Å². The van der Waals surface area contributed by atoms with Crippen molar-refractivity contribution in [2.75, 3.05) is 0 Å². The van der Waals surface area contributed by atoms with E-state index in [2.05, 4.69) is 10.2 Å². The molecule has 0 bridgehead atoms. The molecule has 12 heteroatoms. The molecule has 0 N–H and O–H groups in total. The molecule has 1 aromatic heterocycles. The molecule has 0 fully saturated rings. The average Bonchev–Trinajstić information content (AvgIpc) is 2.90. The summed E-state index contributed by atoms with van der Waals surface area (Å²) in [5.74, 6) is 0. The molecule has 12 nitrogen and oxygen atoms in total. The van der Waals surface area contributed by atoms with E-state index in [-0.39, 0.29) is 0 Å². The van der Waals surface area contributed by atoms with Gasteiger partial charge in [-0.1, -0.05) is 0 Å². The zero-order valence-electron chi connectivity index (χ0n) is 9.44. The molecule has 20 heavy (non-hydrogen) atoms. The second-order valence-corrected chi connectivity index (χ2v) is 3.42. The molecule has 2 rings (SSSR count). The van der Waals surface area contributed by atoms with Gasteiger partial charge in [-0.05, 0) is 0 Å². The second kappa shape index (κ2) is 4.68. The van der Waals surface area contributed by atoms with Gasteiger partial charge in [-0.25, -0.2) is 0 Å². The van der Waals surface area contributed by atoms with Gasteiger partial charge in [-0.15, -0.1) is 4.80 Å². The number of benzene rings is 1. The lowest BCUT2D eigenvalue weighted by molar-refractivity contribution is -0.402. The Labute approximate surface area is 108 Å². The Morgan fingerprint density at radius 3 is 1.65 bits per heavy atom. The summed E-state index contributed by atoms with van der Waals surface area (Å²) in [4.78, 5) is 30.3. The zero-order valence-corrected chi connectivity index (χ0v) is 9.44. The normalized spacial score (nSPS) is 10.2. The molecule has 1 aromatic carbocycles. The highest BCUT2D eigenvalue weighted by atomic mass is 16.6. The van der Waals surface area contributed by atoms with Crippen LogP contribution in [0.5, 0.6) is 0 Å². The van der Waals surface area contributed by atoms with Crippen LogP contribution in [0.3, 0.4) is 0 Å². The highest BCUT2D eigenvalue weighted by Gasteiger charge is 2.32. The molecule has 0 saturated carbocycles. The van der Waals surface area contributed by atoms with Crippen LogP contribution < -0.4 is 0 Å². The fraction of sp³-hybridized carbons (Fsp3) is 0. The summed E-state index contributed by atoms with van der Waals surface area (Å²) < 4.78 is 0. The molecule has 0 aliphatic rings. The minimum absolute atomic E-state index is 0.546. The largest absolute Gasteiger partial charge is 0.310 e. The van der Waals surface area contributed by atoms with Crippen molar-refractivity contribution in [3.63, 3.8) is 0 Å². The Morgan fingerprint density at radius 1 is 0.850 bits per heavy atom. The lowest BCUT2D eigenvalue weighted by atomic mass is 10.2. The number of rotatable bonds is 4. The number of nitro groups is 3. The third kappa shape index (κ3) is 2.12. The molecule has 0 amide bonds. The molecule has 0 radical (unpaired) electrons. The first-order valence-corrected chi connectivity index (χ1v) is 4.89. The third-order valence-corrected chi connectivity index (χ3v) is 2.28. The predicted molar refractivity (Wildman–Crippen MR) is 61.3 cm³/mol. The maximum atomic E-state index is 11.0. The van der Waals surface area contributed by atoms with Gasteiger partial charge in [0.1, 0.15) is 0 Å². The van der Waals surface area contributed by atoms with E-state index in [1.807, 2.05) is 0 Å². The van der Waals surface area contributed by atoms with Crippen LogP contribution in [0.4, 0.5) is 17.1 Å². The Morgan fingerprint density at radius 2 is 1.30 bits per heavy atom. The van der Waals surface area contributed by atoms with Gasteiger partial charge in [0.15, 0.2) is 0 Å². The van der Waals surface area contributed by atoms with Crippen molar-refractivity contribution < 1.29 is 14.8 Å². The van der Waals surface area contributed by atoms with Crippen LogP contribution in [0.25, 0.3) is 5.69 Å². The fourth-order valence-corrected chi connectivity index (χ4v) is 1.51. The molecular formula is C8H4N6O6. The summed E-state index contributed by atoms with van der Waals surface area (Å²) in [6.45, 7) is 0. The van der Waals surface area contributed by atoms with E-state index >= 15 is 0 Å². The Balaban J connectivity index is 2.85. The van der Waals surface area contributed by atoms with Crippen LogP contribution in [-0.4, -0.2) is 29.8 Å². The minimum atomic E-state index is -0.974. The summed E-state index contributed by atoms with van der Waals surface area (Å²) in [7, 11) is 0. The van der Waals surface area contributed by atoms with Crippen molar-refractivity contribution in [1.29, 1.82) is 0 Å². The second-order valence-electron chi connectivity index (χ2n) is 3.42. The molecular weight excluding hydrogens is 276 g/mol. The van der Waals surface area contributed by atoms with Gasteiger partial charge >= 0.3 is 11.4 Å². The van der Waals surface area contributed by atoms with E-state index in [0.29, 0.717) is 16.9 Å². The number of non-ortho nitro benzene ring substituents is 1. The van der Waals surface area contributed by atoms with Crippen molar-refractivity contribution in [3.8, 4) is 5.69 Å². The zero-order chi connectivity index (χ0) is 14.9. The SMILES string of the molecule is O=[N+]([O-])c1cc([N+](=O)[O-])c(-n2nccn2)c([N+](=O)[O-])c1. The number of aromatic nitrogens is 3. The molecule has 102 valence electrons. The van der Waals surface area contributed by atoms with E-state index in [1.54, 1.807) is 0 Å². The number of hydrogen-bond donors (Lipinski definition) is 0. The monoisotopic (exact) mass is 280 g/mol. The molecule has 2 aromatic rings. The molecule has 1 heterocycles. The van der Waals surface area contributed by atoms with E-state index < -0.39 is 37.5 Å². The number of nitro benzene ring substituents is 3. The maximum Gasteiger partial charge on any atom is 0.310 e. The van der Waals surface area contributed by atoms with Crippen LogP contribution in [0.15, 0.2) is 24.5 Å².